The number of carbonyl (C=O) groups is 2. The van der Waals surface area contributed by atoms with E-state index < -0.39 is 0 Å². The summed E-state index contributed by atoms with van der Waals surface area (Å²) in [6.45, 7) is 4.31. The molecule has 208 valence electrons. The Labute approximate surface area is 241 Å². The van der Waals surface area contributed by atoms with E-state index in [-0.39, 0.29) is 35.9 Å². The molecule has 10 nitrogen and oxygen atoms in total. The molecule has 6 rings (SSSR count). The van der Waals surface area contributed by atoms with Crippen LogP contribution in [0, 0.1) is 5.92 Å². The molecule has 1 aromatic heterocycles. The van der Waals surface area contributed by atoms with Gasteiger partial charge in [-0.3, -0.25) is 19.4 Å². The van der Waals surface area contributed by atoms with Crippen LogP contribution < -0.4 is 20.3 Å². The first-order valence-corrected chi connectivity index (χ1v) is 13.9. The largest absolute Gasteiger partial charge is 0.455 e. The first-order chi connectivity index (χ1) is 19.5. The van der Waals surface area contributed by atoms with Gasteiger partial charge in [0.25, 0.3) is 5.91 Å². The van der Waals surface area contributed by atoms with E-state index in [2.05, 4.69) is 37.6 Å². The van der Waals surface area contributed by atoms with Crippen LogP contribution in [0.4, 0.5) is 17.3 Å². The summed E-state index contributed by atoms with van der Waals surface area (Å²) in [6, 6.07) is 11.2. The second-order valence-corrected chi connectivity index (χ2v) is 10.8. The van der Waals surface area contributed by atoms with Crippen LogP contribution in [0.5, 0.6) is 5.88 Å². The normalized spacial score (nSPS) is 18.6. The Kier molecular flexibility index (Phi) is 7.75. The van der Waals surface area contributed by atoms with Crippen LogP contribution in [0.1, 0.15) is 27.9 Å². The third kappa shape index (κ3) is 5.57. The number of hydrogen-bond donors (Lipinski definition) is 2. The van der Waals surface area contributed by atoms with Gasteiger partial charge in [-0.1, -0.05) is 35.3 Å². The van der Waals surface area contributed by atoms with Crippen LogP contribution in [-0.2, 0) is 22.5 Å². The quantitative estimate of drug-likeness (QED) is 0.429. The molecular weight excluding hydrogens is 555 g/mol. The van der Waals surface area contributed by atoms with Crippen molar-refractivity contribution in [2.45, 2.75) is 19.4 Å². The highest BCUT2D eigenvalue weighted by Gasteiger charge is 2.31. The maximum absolute atomic E-state index is 13.1. The van der Waals surface area contributed by atoms with Gasteiger partial charge in [-0.15, -0.1) is 0 Å². The first kappa shape index (κ1) is 26.8. The summed E-state index contributed by atoms with van der Waals surface area (Å²) in [6.07, 6.45) is 3.15. The molecule has 12 heteroatoms. The van der Waals surface area contributed by atoms with Gasteiger partial charge in [0, 0.05) is 44.7 Å². The number of nitrogens with one attached hydrogen (secondary N) is 2. The van der Waals surface area contributed by atoms with Crippen LogP contribution in [0.25, 0.3) is 0 Å². The Balaban J connectivity index is 1.07. The Morgan fingerprint density at radius 1 is 1.15 bits per heavy atom. The summed E-state index contributed by atoms with van der Waals surface area (Å²) in [5.74, 6) is 0.265. The molecule has 0 radical (unpaired) electrons. The van der Waals surface area contributed by atoms with Crippen LogP contribution >= 0.6 is 23.2 Å². The van der Waals surface area contributed by atoms with Crippen molar-refractivity contribution >= 4 is 52.3 Å². The van der Waals surface area contributed by atoms with E-state index in [4.69, 9.17) is 32.7 Å². The number of halogens is 2. The monoisotopic (exact) mass is 582 g/mol. The van der Waals surface area contributed by atoms with E-state index in [9.17, 15) is 9.59 Å². The number of rotatable bonds is 7. The molecule has 40 heavy (non-hydrogen) atoms. The van der Waals surface area contributed by atoms with Crippen molar-refractivity contribution < 1.29 is 19.1 Å². The maximum atomic E-state index is 13.1. The van der Waals surface area contributed by atoms with Gasteiger partial charge in [0.1, 0.15) is 5.56 Å². The summed E-state index contributed by atoms with van der Waals surface area (Å²) in [4.78, 5) is 37.8. The van der Waals surface area contributed by atoms with Gasteiger partial charge in [-0.05, 0) is 48.2 Å². The maximum Gasteiger partial charge on any atom is 0.268 e. The second kappa shape index (κ2) is 11.6. The lowest BCUT2D eigenvalue weighted by Gasteiger charge is -2.29. The Morgan fingerprint density at radius 2 is 2.00 bits per heavy atom. The highest BCUT2D eigenvalue weighted by Crippen LogP contribution is 2.37. The van der Waals surface area contributed by atoms with E-state index in [0.29, 0.717) is 41.4 Å². The number of amides is 2. The Morgan fingerprint density at radius 3 is 2.80 bits per heavy atom. The summed E-state index contributed by atoms with van der Waals surface area (Å²) in [7, 11) is 0. The minimum absolute atomic E-state index is 0.0127. The zero-order chi connectivity index (χ0) is 27.6. The van der Waals surface area contributed by atoms with Crippen molar-refractivity contribution in [2.75, 3.05) is 49.8 Å². The molecule has 2 amide bonds. The fraction of sp³-hybridized carbons (Fsp3) is 0.357. The third-order valence-electron chi connectivity index (χ3n) is 7.35. The zero-order valence-electron chi connectivity index (χ0n) is 21.7. The van der Waals surface area contributed by atoms with Crippen molar-refractivity contribution in [3.05, 3.63) is 69.3 Å². The summed E-state index contributed by atoms with van der Waals surface area (Å²) in [5.41, 5.74) is 3.98. The fourth-order valence-corrected chi connectivity index (χ4v) is 5.76. The summed E-state index contributed by atoms with van der Waals surface area (Å²) >= 11 is 12.6. The molecule has 2 aromatic carbocycles. The molecule has 1 saturated heterocycles. The van der Waals surface area contributed by atoms with Gasteiger partial charge in [0.2, 0.25) is 17.7 Å². The first-order valence-electron chi connectivity index (χ1n) is 13.2. The van der Waals surface area contributed by atoms with E-state index in [0.717, 1.165) is 38.2 Å². The average Bonchev–Trinajstić information content (AvgIpc) is 3.50. The highest BCUT2D eigenvalue weighted by atomic mass is 35.5. The molecule has 0 aliphatic carbocycles. The number of nitrogens with zero attached hydrogens (tertiary/aromatic N) is 4. The van der Waals surface area contributed by atoms with Gasteiger partial charge in [0.05, 0.1) is 28.3 Å². The number of ether oxygens (including phenoxy) is 2. The molecule has 4 heterocycles. The van der Waals surface area contributed by atoms with Gasteiger partial charge in [0.15, 0.2) is 6.73 Å². The minimum atomic E-state index is -0.340. The molecular formula is C28H28Cl2N6O4. The lowest BCUT2D eigenvalue weighted by atomic mass is 9.99. The molecule has 3 aliphatic heterocycles. The minimum Gasteiger partial charge on any atom is -0.455 e. The van der Waals surface area contributed by atoms with Crippen molar-refractivity contribution in [2.24, 2.45) is 5.92 Å². The Hall–Kier alpha value is -3.44. The van der Waals surface area contributed by atoms with Gasteiger partial charge < -0.3 is 20.1 Å². The topological polar surface area (TPSA) is 109 Å². The van der Waals surface area contributed by atoms with Crippen molar-refractivity contribution in [3.63, 3.8) is 0 Å². The molecule has 3 aromatic rings. The second-order valence-electron chi connectivity index (χ2n) is 9.98. The van der Waals surface area contributed by atoms with Crippen LogP contribution in [-0.4, -0.2) is 66.3 Å². The number of hydrogen-bond acceptors (Lipinski definition) is 8. The molecule has 3 aliphatic rings. The van der Waals surface area contributed by atoms with E-state index >= 15 is 0 Å². The predicted molar refractivity (Wildman–Crippen MR) is 151 cm³/mol. The number of carbonyl (C=O) groups excluding carboxylic acids is 2. The molecule has 1 atom stereocenters. The van der Waals surface area contributed by atoms with Crippen molar-refractivity contribution in [1.29, 1.82) is 0 Å². The smallest absolute Gasteiger partial charge is 0.268 e. The number of fused-ring (bicyclic) bond motifs is 2. The predicted octanol–water partition coefficient (Wildman–Crippen LogP) is 4.03. The summed E-state index contributed by atoms with van der Waals surface area (Å²) < 4.78 is 11.1. The van der Waals surface area contributed by atoms with E-state index in [1.165, 1.54) is 22.2 Å². The van der Waals surface area contributed by atoms with E-state index in [1.54, 1.807) is 18.2 Å². The van der Waals surface area contributed by atoms with Gasteiger partial charge >= 0.3 is 0 Å². The molecule has 0 saturated carbocycles. The van der Waals surface area contributed by atoms with Gasteiger partial charge in [-0.25, -0.2) is 4.98 Å². The van der Waals surface area contributed by atoms with Crippen LogP contribution in [0.3, 0.4) is 0 Å². The van der Waals surface area contributed by atoms with E-state index in [1.807, 2.05) is 6.07 Å². The number of para-hydroxylation sites is 1. The lowest BCUT2D eigenvalue weighted by Crippen LogP contribution is -2.39. The van der Waals surface area contributed by atoms with Crippen LogP contribution in [0.2, 0.25) is 10.0 Å². The highest BCUT2D eigenvalue weighted by molar-refractivity contribution is 6.40. The Bertz CT molecular complexity index is 1430. The van der Waals surface area contributed by atoms with Crippen molar-refractivity contribution in [1.82, 2.24) is 20.2 Å². The summed E-state index contributed by atoms with van der Waals surface area (Å²) in [5, 5.41) is 6.97. The number of aromatic nitrogens is 2. The van der Waals surface area contributed by atoms with Gasteiger partial charge in [-0.2, -0.15) is 4.98 Å². The average molecular weight is 583 g/mol. The zero-order valence-corrected chi connectivity index (χ0v) is 23.2. The molecule has 0 spiro atoms. The molecule has 1 unspecified atom stereocenters. The number of benzene rings is 2. The SMILES string of the molecule is O=C(NCCN1CCc2cc(Nc3ncc4c(n3)OCN(c3c(Cl)cccc3Cl)C4=O)ccc2C1)C1CCOC1. The third-order valence-corrected chi connectivity index (χ3v) is 7.96. The van der Waals surface area contributed by atoms with Crippen LogP contribution in [0.15, 0.2) is 42.6 Å². The standard InChI is InChI=1S/C28H28Cl2N6O4/c29-22-2-1-3-23(30)24(22)36-16-40-26-21(27(36)38)13-32-28(34-26)33-20-5-4-18-14-35(9-6-17(18)12-20)10-8-31-25(37)19-7-11-39-15-19/h1-5,12-13,19H,6-11,14-16H2,(H,31,37)(H,32,33,34). The molecule has 1 fully saturated rings. The molecule has 0 bridgehead atoms. The number of anilines is 3. The fourth-order valence-electron chi connectivity index (χ4n) is 5.16. The molecule has 2 N–H and O–H groups in total. The lowest BCUT2D eigenvalue weighted by molar-refractivity contribution is -0.125. The van der Waals surface area contributed by atoms with Crippen molar-refractivity contribution in [3.8, 4) is 5.88 Å².